The maximum Gasteiger partial charge on any atom is 0.371 e. The third-order valence-corrected chi connectivity index (χ3v) is 2.97. The summed E-state index contributed by atoms with van der Waals surface area (Å²) < 4.78 is 21.2. The predicted molar refractivity (Wildman–Crippen MR) is 67.3 cm³/mol. The number of hydrogen-bond acceptors (Lipinski definition) is 5. The molecule has 2 heterocycles. The minimum absolute atomic E-state index is 0.0909. The quantitative estimate of drug-likeness (QED) is 0.924. The highest BCUT2D eigenvalue weighted by molar-refractivity contribution is 5.84. The monoisotopic (exact) mass is 276 g/mol. The van der Waals surface area contributed by atoms with Gasteiger partial charge in [0.1, 0.15) is 18.1 Å². The Bertz CT molecular complexity index is 658. The van der Waals surface area contributed by atoms with Gasteiger partial charge in [-0.25, -0.2) is 4.79 Å². The Morgan fingerprint density at radius 2 is 2.10 bits per heavy atom. The molecule has 0 atom stereocenters. The number of aromatic carboxylic acids is 1. The lowest BCUT2D eigenvalue weighted by Crippen LogP contribution is -1.96. The molecule has 20 heavy (non-hydrogen) atoms. The second-order valence-electron chi connectivity index (χ2n) is 4.30. The summed E-state index contributed by atoms with van der Waals surface area (Å²) in [5.74, 6) is 1.28. The summed E-state index contributed by atoms with van der Waals surface area (Å²) in [6.07, 6.45) is 0. The van der Waals surface area contributed by atoms with Gasteiger partial charge in [-0.05, 0) is 25.1 Å². The van der Waals surface area contributed by atoms with Crippen LogP contribution in [-0.4, -0.2) is 17.9 Å². The van der Waals surface area contributed by atoms with Crippen molar-refractivity contribution in [1.29, 1.82) is 0 Å². The van der Waals surface area contributed by atoms with Crippen LogP contribution in [0.15, 0.2) is 28.7 Å². The van der Waals surface area contributed by atoms with Gasteiger partial charge in [-0.1, -0.05) is 0 Å². The van der Waals surface area contributed by atoms with Crippen LogP contribution in [0.2, 0.25) is 0 Å². The van der Waals surface area contributed by atoms with Crippen LogP contribution in [0, 0.1) is 6.92 Å². The lowest BCUT2D eigenvalue weighted by molar-refractivity contribution is 0.0661. The Morgan fingerprint density at radius 1 is 1.30 bits per heavy atom. The average Bonchev–Trinajstić information content (AvgIpc) is 3.02. The lowest BCUT2D eigenvalue weighted by Gasteiger charge is -2.06. The number of hydrogen-bond donors (Lipinski definition) is 1. The Kier molecular flexibility index (Phi) is 2.98. The minimum atomic E-state index is -1.09. The van der Waals surface area contributed by atoms with Gasteiger partial charge < -0.3 is 23.7 Å². The minimum Gasteiger partial charge on any atom is -0.489 e. The number of carboxylic acid groups (broad SMARTS) is 1. The predicted octanol–water partition coefficient (Wildman–Crippen LogP) is 2.59. The van der Waals surface area contributed by atoms with Gasteiger partial charge in [-0.3, -0.25) is 0 Å². The van der Waals surface area contributed by atoms with Gasteiger partial charge in [0.2, 0.25) is 12.6 Å². The van der Waals surface area contributed by atoms with E-state index >= 15 is 0 Å². The first kappa shape index (κ1) is 12.4. The van der Waals surface area contributed by atoms with Crippen LogP contribution < -0.4 is 14.2 Å². The molecule has 1 aliphatic heterocycles. The summed E-state index contributed by atoms with van der Waals surface area (Å²) in [4.78, 5) is 10.8. The van der Waals surface area contributed by atoms with E-state index in [-0.39, 0.29) is 19.2 Å². The largest absolute Gasteiger partial charge is 0.489 e. The molecular weight excluding hydrogens is 264 g/mol. The third kappa shape index (κ3) is 2.27. The van der Waals surface area contributed by atoms with Crippen molar-refractivity contribution >= 4 is 5.97 Å². The number of furan rings is 1. The highest BCUT2D eigenvalue weighted by Crippen LogP contribution is 2.35. The maximum atomic E-state index is 10.8. The van der Waals surface area contributed by atoms with Crippen LogP contribution in [0.25, 0.3) is 0 Å². The molecule has 6 nitrogen and oxygen atoms in total. The molecule has 0 aliphatic carbocycles. The van der Waals surface area contributed by atoms with Gasteiger partial charge in [0.25, 0.3) is 0 Å². The molecule has 104 valence electrons. The first-order valence-corrected chi connectivity index (χ1v) is 5.98. The standard InChI is InChI=1S/C14H12O6/c1-8-9(4-13(20-8)14(15)16)6-17-10-2-3-11-12(5-10)19-7-18-11/h2-5H,6-7H2,1H3,(H,15,16). The van der Waals surface area contributed by atoms with Gasteiger partial charge in [-0.2, -0.15) is 0 Å². The Hall–Kier alpha value is -2.63. The number of carboxylic acids is 1. The fourth-order valence-corrected chi connectivity index (χ4v) is 1.90. The third-order valence-electron chi connectivity index (χ3n) is 2.97. The smallest absolute Gasteiger partial charge is 0.371 e. The van der Waals surface area contributed by atoms with Crippen molar-refractivity contribution in [2.75, 3.05) is 6.79 Å². The number of ether oxygens (including phenoxy) is 3. The van der Waals surface area contributed by atoms with E-state index in [0.717, 1.165) is 0 Å². The van der Waals surface area contributed by atoms with Crippen molar-refractivity contribution in [3.05, 3.63) is 41.3 Å². The van der Waals surface area contributed by atoms with Crippen molar-refractivity contribution in [2.24, 2.45) is 0 Å². The Balaban J connectivity index is 1.72. The van der Waals surface area contributed by atoms with Crippen LogP contribution in [0.4, 0.5) is 0 Å². The van der Waals surface area contributed by atoms with Crippen LogP contribution in [0.1, 0.15) is 21.9 Å². The van der Waals surface area contributed by atoms with Gasteiger partial charge in [0.15, 0.2) is 11.5 Å². The molecule has 0 amide bonds. The summed E-state index contributed by atoms with van der Waals surface area (Å²) >= 11 is 0. The van der Waals surface area contributed by atoms with E-state index in [1.165, 1.54) is 6.07 Å². The van der Waals surface area contributed by atoms with E-state index in [9.17, 15) is 4.79 Å². The fourth-order valence-electron chi connectivity index (χ4n) is 1.90. The summed E-state index contributed by atoms with van der Waals surface area (Å²) in [7, 11) is 0. The van der Waals surface area contributed by atoms with E-state index in [2.05, 4.69) is 0 Å². The highest BCUT2D eigenvalue weighted by Gasteiger charge is 2.16. The van der Waals surface area contributed by atoms with Gasteiger partial charge >= 0.3 is 5.97 Å². The molecule has 0 saturated carbocycles. The first-order valence-electron chi connectivity index (χ1n) is 5.98. The zero-order valence-electron chi connectivity index (χ0n) is 10.7. The highest BCUT2D eigenvalue weighted by atomic mass is 16.7. The van der Waals surface area contributed by atoms with Crippen LogP contribution in [0.5, 0.6) is 17.2 Å². The zero-order valence-corrected chi connectivity index (χ0v) is 10.7. The molecule has 1 N–H and O–H groups in total. The zero-order chi connectivity index (χ0) is 14.1. The summed E-state index contributed by atoms with van der Waals surface area (Å²) in [6.45, 7) is 2.13. The topological polar surface area (TPSA) is 78.1 Å². The lowest BCUT2D eigenvalue weighted by atomic mass is 10.2. The van der Waals surface area contributed by atoms with Gasteiger partial charge in [0.05, 0.1) is 0 Å². The van der Waals surface area contributed by atoms with Crippen molar-refractivity contribution < 1.29 is 28.5 Å². The summed E-state index contributed by atoms with van der Waals surface area (Å²) in [5, 5.41) is 8.85. The Morgan fingerprint density at radius 3 is 2.85 bits per heavy atom. The van der Waals surface area contributed by atoms with E-state index in [1.807, 2.05) is 0 Å². The molecule has 1 aromatic carbocycles. The average molecular weight is 276 g/mol. The van der Waals surface area contributed by atoms with E-state index in [4.69, 9.17) is 23.7 Å². The maximum absolute atomic E-state index is 10.8. The molecule has 1 aromatic heterocycles. The number of rotatable bonds is 4. The number of fused-ring (bicyclic) bond motifs is 1. The second-order valence-corrected chi connectivity index (χ2v) is 4.30. The van der Waals surface area contributed by atoms with Crippen LogP contribution in [-0.2, 0) is 6.61 Å². The van der Waals surface area contributed by atoms with E-state index < -0.39 is 5.97 Å². The number of aryl methyl sites for hydroxylation is 1. The Labute approximate surface area is 114 Å². The van der Waals surface area contributed by atoms with Gasteiger partial charge in [0, 0.05) is 11.6 Å². The molecular formula is C14H12O6. The molecule has 6 heteroatoms. The molecule has 0 fully saturated rings. The molecule has 0 radical (unpaired) electrons. The van der Waals surface area contributed by atoms with E-state index in [0.29, 0.717) is 28.6 Å². The van der Waals surface area contributed by atoms with Gasteiger partial charge in [-0.15, -0.1) is 0 Å². The summed E-state index contributed by atoms with van der Waals surface area (Å²) in [5.41, 5.74) is 0.695. The van der Waals surface area contributed by atoms with Crippen LogP contribution >= 0.6 is 0 Å². The molecule has 0 spiro atoms. The molecule has 2 aromatic rings. The molecule has 3 rings (SSSR count). The normalized spacial score (nSPS) is 12.4. The molecule has 0 saturated heterocycles. The first-order chi connectivity index (χ1) is 9.63. The molecule has 0 unspecified atom stereocenters. The van der Waals surface area contributed by atoms with Crippen molar-refractivity contribution in [3.8, 4) is 17.2 Å². The SMILES string of the molecule is Cc1oc(C(=O)O)cc1COc1ccc2c(c1)OCO2. The number of benzene rings is 1. The van der Waals surface area contributed by atoms with E-state index in [1.54, 1.807) is 25.1 Å². The van der Waals surface area contributed by atoms with Crippen LogP contribution in [0.3, 0.4) is 0 Å². The van der Waals surface area contributed by atoms with Crippen molar-refractivity contribution in [2.45, 2.75) is 13.5 Å². The summed E-state index contributed by atoms with van der Waals surface area (Å²) in [6, 6.07) is 6.73. The molecule has 0 bridgehead atoms. The second kappa shape index (κ2) is 4.80. The van der Waals surface area contributed by atoms with Crippen molar-refractivity contribution in [3.63, 3.8) is 0 Å². The fraction of sp³-hybridized carbons (Fsp3) is 0.214. The molecule has 1 aliphatic rings. The van der Waals surface area contributed by atoms with Crippen molar-refractivity contribution in [1.82, 2.24) is 0 Å². The number of carbonyl (C=O) groups is 1.